The molecule has 2 aromatic carbocycles. The number of aliphatic hydroxyl groups is 1. The molecule has 4 aromatic rings. The summed E-state index contributed by atoms with van der Waals surface area (Å²) in [4.78, 5) is 13.0. The number of benzene rings is 2. The zero-order valence-electron chi connectivity index (χ0n) is 22.2. The normalized spacial score (nSPS) is 10.7. The number of aliphatic hydroxyl groups excluding tert-OH is 1. The van der Waals surface area contributed by atoms with Gasteiger partial charge in [-0.2, -0.15) is 0 Å². The van der Waals surface area contributed by atoms with Crippen molar-refractivity contribution in [2.45, 2.75) is 26.8 Å². The largest absolute Gasteiger partial charge is 0.494 e. The third kappa shape index (κ3) is 6.86. The van der Waals surface area contributed by atoms with Gasteiger partial charge in [-0.15, -0.1) is 0 Å². The molecule has 0 aliphatic heterocycles. The minimum absolute atomic E-state index is 0.00727. The van der Waals surface area contributed by atoms with Gasteiger partial charge < -0.3 is 25.2 Å². The van der Waals surface area contributed by atoms with Gasteiger partial charge in [0.15, 0.2) is 17.4 Å². The summed E-state index contributed by atoms with van der Waals surface area (Å²) in [7, 11) is 0. The Balaban J connectivity index is 1.60. The summed E-state index contributed by atoms with van der Waals surface area (Å²) in [6.45, 7) is 4.00. The zero-order chi connectivity index (χ0) is 28.5. The molecule has 40 heavy (non-hydrogen) atoms. The van der Waals surface area contributed by atoms with Crippen LogP contribution in [0.4, 0.5) is 26.0 Å². The van der Waals surface area contributed by atoms with Crippen LogP contribution in [0.3, 0.4) is 0 Å². The minimum atomic E-state index is -0.731. The lowest BCUT2D eigenvalue weighted by molar-refractivity contribution is 0.233. The van der Waals surface area contributed by atoms with Crippen LogP contribution in [-0.2, 0) is 6.54 Å². The van der Waals surface area contributed by atoms with Crippen LogP contribution in [-0.4, -0.2) is 45.6 Å². The number of ether oxygens (including phenoxy) is 2. The van der Waals surface area contributed by atoms with Crippen molar-refractivity contribution in [3.05, 3.63) is 95.2 Å². The van der Waals surface area contributed by atoms with E-state index in [1.54, 1.807) is 49.6 Å². The van der Waals surface area contributed by atoms with E-state index in [0.717, 1.165) is 23.4 Å². The number of pyridine rings is 1. The summed E-state index contributed by atoms with van der Waals surface area (Å²) in [5.74, 6) is -0.538. The van der Waals surface area contributed by atoms with Crippen LogP contribution in [0, 0.1) is 24.0 Å². The quantitative estimate of drug-likeness (QED) is 0.129. The predicted octanol–water partition coefficient (Wildman–Crippen LogP) is 5.39. The molecule has 11 heteroatoms. The predicted molar refractivity (Wildman–Crippen MR) is 149 cm³/mol. The SMILES string of the molecule is CCOc1cc(F)c(CNc2ccccc2C(=N)c2ncc(OCCCO)c(Nc3ccncc3C)n2)c(F)c1. The molecule has 2 aromatic heterocycles. The molecule has 0 bridgehead atoms. The number of nitrogens with one attached hydrogen (secondary N) is 3. The van der Waals surface area contributed by atoms with Gasteiger partial charge in [0, 0.05) is 66.6 Å². The van der Waals surface area contributed by atoms with E-state index in [1.807, 2.05) is 6.92 Å². The molecule has 4 N–H and O–H groups in total. The average molecular weight is 549 g/mol. The van der Waals surface area contributed by atoms with E-state index in [4.69, 9.17) is 20.0 Å². The highest BCUT2D eigenvalue weighted by Crippen LogP contribution is 2.28. The number of rotatable bonds is 13. The molecule has 0 fully saturated rings. The Morgan fingerprint density at radius 3 is 2.55 bits per heavy atom. The first-order chi connectivity index (χ1) is 19.4. The third-order valence-electron chi connectivity index (χ3n) is 5.89. The first-order valence-electron chi connectivity index (χ1n) is 12.7. The maximum atomic E-state index is 14.6. The van der Waals surface area contributed by atoms with Crippen molar-refractivity contribution in [2.24, 2.45) is 0 Å². The van der Waals surface area contributed by atoms with Crippen LogP contribution in [0.25, 0.3) is 0 Å². The number of hydrogen-bond donors (Lipinski definition) is 4. The Morgan fingerprint density at radius 1 is 1.05 bits per heavy atom. The zero-order valence-corrected chi connectivity index (χ0v) is 22.2. The lowest BCUT2D eigenvalue weighted by atomic mass is 10.1. The molecule has 0 unspecified atom stereocenters. The van der Waals surface area contributed by atoms with Gasteiger partial charge in [0.1, 0.15) is 23.1 Å². The van der Waals surface area contributed by atoms with Crippen LogP contribution < -0.4 is 20.1 Å². The summed E-state index contributed by atoms with van der Waals surface area (Å²) < 4.78 is 40.2. The summed E-state index contributed by atoms with van der Waals surface area (Å²) >= 11 is 0. The number of hydrogen-bond acceptors (Lipinski definition) is 9. The van der Waals surface area contributed by atoms with E-state index in [1.165, 1.54) is 6.20 Å². The van der Waals surface area contributed by atoms with Crippen LogP contribution in [0.5, 0.6) is 11.5 Å². The topological polar surface area (TPSA) is 125 Å². The van der Waals surface area contributed by atoms with E-state index in [0.29, 0.717) is 35.8 Å². The molecule has 4 rings (SSSR count). The van der Waals surface area contributed by atoms with Gasteiger partial charge in [0.25, 0.3) is 0 Å². The molecule has 2 heterocycles. The van der Waals surface area contributed by atoms with Crippen molar-refractivity contribution in [1.29, 1.82) is 5.41 Å². The highest BCUT2D eigenvalue weighted by atomic mass is 19.1. The van der Waals surface area contributed by atoms with E-state index in [2.05, 4.69) is 25.6 Å². The fourth-order valence-electron chi connectivity index (χ4n) is 3.83. The second kappa shape index (κ2) is 13.4. The fourth-order valence-corrected chi connectivity index (χ4v) is 3.83. The summed E-state index contributed by atoms with van der Waals surface area (Å²) in [6, 6.07) is 11.0. The van der Waals surface area contributed by atoms with Crippen molar-refractivity contribution in [1.82, 2.24) is 15.0 Å². The second-order valence-corrected chi connectivity index (χ2v) is 8.72. The van der Waals surface area contributed by atoms with Crippen molar-refractivity contribution in [2.75, 3.05) is 30.5 Å². The summed E-state index contributed by atoms with van der Waals surface area (Å²) in [5, 5.41) is 24.2. The molecule has 9 nitrogen and oxygen atoms in total. The Hall–Kier alpha value is -4.64. The summed E-state index contributed by atoms with van der Waals surface area (Å²) in [5.41, 5.74) is 2.39. The Bertz CT molecular complexity index is 1460. The van der Waals surface area contributed by atoms with E-state index in [-0.39, 0.29) is 42.6 Å². The first-order valence-corrected chi connectivity index (χ1v) is 12.7. The molecule has 0 amide bonds. The van der Waals surface area contributed by atoms with Gasteiger partial charge in [0.05, 0.1) is 19.4 Å². The standard InChI is InChI=1S/C29H30F2N6O3/c1-3-39-19-13-22(30)21(23(31)14-19)16-34-25-8-5-4-7-20(25)27(32)29-35-17-26(40-12-6-11-38)28(37-29)36-24-9-10-33-15-18(24)2/h4-5,7-10,13-15,17,32,34,38H,3,6,11-12,16H2,1-2H3,(H,33,35,36,37). The Kier molecular flexibility index (Phi) is 9.53. The number of anilines is 3. The van der Waals surface area contributed by atoms with Crippen LogP contribution in [0.2, 0.25) is 0 Å². The highest BCUT2D eigenvalue weighted by molar-refractivity contribution is 6.12. The molecule has 0 aliphatic rings. The van der Waals surface area contributed by atoms with Gasteiger partial charge in [-0.05, 0) is 31.5 Å². The highest BCUT2D eigenvalue weighted by Gasteiger charge is 2.18. The minimum Gasteiger partial charge on any atom is -0.494 e. The van der Waals surface area contributed by atoms with E-state index >= 15 is 0 Å². The second-order valence-electron chi connectivity index (χ2n) is 8.72. The maximum absolute atomic E-state index is 14.6. The van der Waals surface area contributed by atoms with Crippen molar-refractivity contribution >= 4 is 22.9 Å². The van der Waals surface area contributed by atoms with Crippen molar-refractivity contribution in [3.8, 4) is 11.5 Å². The molecule has 0 radical (unpaired) electrons. The number of aromatic nitrogens is 3. The van der Waals surface area contributed by atoms with Gasteiger partial charge in [-0.3, -0.25) is 10.4 Å². The first kappa shape index (κ1) is 28.4. The molecule has 0 saturated carbocycles. The Labute approximate surface area is 230 Å². The summed E-state index contributed by atoms with van der Waals surface area (Å²) in [6.07, 6.45) is 5.24. The molecule has 0 saturated heterocycles. The maximum Gasteiger partial charge on any atom is 0.180 e. The van der Waals surface area contributed by atoms with Crippen LogP contribution in [0.15, 0.2) is 61.1 Å². The van der Waals surface area contributed by atoms with Gasteiger partial charge in [0.2, 0.25) is 0 Å². The molecule has 208 valence electrons. The smallest absolute Gasteiger partial charge is 0.180 e. The van der Waals surface area contributed by atoms with Crippen LogP contribution >= 0.6 is 0 Å². The number of halogens is 2. The van der Waals surface area contributed by atoms with Gasteiger partial charge >= 0.3 is 0 Å². The number of para-hydroxylation sites is 1. The average Bonchev–Trinajstić information content (AvgIpc) is 2.94. The molecule has 0 aliphatic carbocycles. The fraction of sp³-hybridized carbons (Fsp3) is 0.241. The lowest BCUT2D eigenvalue weighted by Crippen LogP contribution is -2.14. The molecular weight excluding hydrogens is 518 g/mol. The molecule has 0 spiro atoms. The number of nitrogens with zero attached hydrogens (tertiary/aromatic N) is 3. The van der Waals surface area contributed by atoms with Crippen molar-refractivity contribution < 1.29 is 23.4 Å². The third-order valence-corrected chi connectivity index (χ3v) is 5.89. The van der Waals surface area contributed by atoms with Gasteiger partial charge in [-0.25, -0.2) is 18.7 Å². The monoisotopic (exact) mass is 548 g/mol. The molecule has 0 atom stereocenters. The number of aryl methyl sites for hydroxylation is 1. The lowest BCUT2D eigenvalue weighted by Gasteiger charge is -2.16. The Morgan fingerprint density at radius 2 is 1.82 bits per heavy atom. The van der Waals surface area contributed by atoms with Gasteiger partial charge in [-0.1, -0.05) is 18.2 Å². The van der Waals surface area contributed by atoms with Crippen LogP contribution in [0.1, 0.15) is 35.9 Å². The van der Waals surface area contributed by atoms with Crippen molar-refractivity contribution in [3.63, 3.8) is 0 Å². The molecular formula is C29H30F2N6O3. The van der Waals surface area contributed by atoms with E-state index in [9.17, 15) is 8.78 Å². The van der Waals surface area contributed by atoms with E-state index < -0.39 is 11.6 Å².